The highest BCUT2D eigenvalue weighted by atomic mass is 16.7. The van der Waals surface area contributed by atoms with Gasteiger partial charge in [-0.2, -0.15) is 0 Å². The summed E-state index contributed by atoms with van der Waals surface area (Å²) >= 11 is 0. The Hall–Kier alpha value is -4.44. The smallest absolute Gasteiger partial charge is 0.329 e. The molecule has 1 amide bonds. The van der Waals surface area contributed by atoms with Crippen molar-refractivity contribution in [2.24, 2.45) is 29.6 Å². The van der Waals surface area contributed by atoms with Gasteiger partial charge in [-0.25, -0.2) is 4.79 Å². The minimum atomic E-state index is -2.52. The van der Waals surface area contributed by atoms with Crippen LogP contribution in [0.5, 0.6) is 5.75 Å². The van der Waals surface area contributed by atoms with E-state index >= 15 is 0 Å². The lowest BCUT2D eigenvalue weighted by Gasteiger charge is -2.47. The number of amides is 1. The third-order valence-corrected chi connectivity index (χ3v) is 15.2. The maximum absolute atomic E-state index is 14.6. The summed E-state index contributed by atoms with van der Waals surface area (Å²) in [6, 6.07) is 6.97. The van der Waals surface area contributed by atoms with E-state index in [0.717, 1.165) is 28.6 Å². The Kier molecular flexibility index (Phi) is 18.8. The van der Waals surface area contributed by atoms with Crippen LogP contribution >= 0.6 is 0 Å². The Morgan fingerprint density at radius 2 is 1.62 bits per heavy atom. The van der Waals surface area contributed by atoms with Gasteiger partial charge in [-0.3, -0.25) is 14.4 Å². The van der Waals surface area contributed by atoms with E-state index in [0.29, 0.717) is 57.1 Å². The first-order chi connectivity index (χ1) is 33.0. The van der Waals surface area contributed by atoms with Gasteiger partial charge in [-0.1, -0.05) is 50.6 Å². The molecule has 2 saturated heterocycles. The van der Waals surface area contributed by atoms with Crippen molar-refractivity contribution in [2.45, 2.75) is 166 Å². The molecule has 1 aliphatic carbocycles. The predicted molar refractivity (Wildman–Crippen MR) is 263 cm³/mol. The second-order valence-corrected chi connectivity index (χ2v) is 20.3. The van der Waals surface area contributed by atoms with Crippen LogP contribution in [-0.2, 0) is 49.4 Å². The van der Waals surface area contributed by atoms with Crippen molar-refractivity contribution < 1.29 is 57.8 Å². The number of aromatic nitrogens is 1. The van der Waals surface area contributed by atoms with Crippen molar-refractivity contribution in [3.63, 3.8) is 0 Å². The molecule has 2 bridgehead atoms. The summed E-state index contributed by atoms with van der Waals surface area (Å²) in [5.74, 6) is -7.03. The molecule has 1 aromatic carbocycles. The van der Waals surface area contributed by atoms with Gasteiger partial charge in [-0.15, -0.1) is 13.2 Å². The molecule has 14 atom stereocenters. The minimum absolute atomic E-state index is 0.00215. The molecule has 1 saturated carbocycles. The van der Waals surface area contributed by atoms with Crippen LogP contribution in [0.3, 0.4) is 0 Å². The first-order valence-electron chi connectivity index (χ1n) is 25.0. The number of aliphatic hydroxyl groups is 2. The second kappa shape index (κ2) is 24.1. The van der Waals surface area contributed by atoms with Crippen molar-refractivity contribution in [3.8, 4) is 5.75 Å². The van der Waals surface area contributed by atoms with Gasteiger partial charge in [0.15, 0.2) is 0 Å². The number of Topliss-reactive ketones (excluding diaryl/α,β-unsaturated/α-hetero) is 2. The highest BCUT2D eigenvalue weighted by Crippen LogP contribution is 2.40. The van der Waals surface area contributed by atoms with E-state index in [-0.39, 0.29) is 55.6 Å². The molecule has 14 heteroatoms. The van der Waals surface area contributed by atoms with Crippen LogP contribution in [0.2, 0.25) is 0 Å². The fraction of sp³-hybridized carbons (Fsp3) is 0.636. The number of esters is 1. The van der Waals surface area contributed by atoms with Crippen LogP contribution < -0.4 is 4.74 Å². The van der Waals surface area contributed by atoms with E-state index < -0.39 is 77.8 Å². The number of hydrogen-bond acceptors (Lipinski definition) is 12. The number of rotatable bonds is 11. The quantitative estimate of drug-likeness (QED) is 0.127. The lowest BCUT2D eigenvalue weighted by atomic mass is 9.81. The largest absolute Gasteiger partial charge is 0.488 e. The number of piperidine rings is 1. The van der Waals surface area contributed by atoms with Gasteiger partial charge >= 0.3 is 5.97 Å². The maximum atomic E-state index is 14.6. The fourth-order valence-electron chi connectivity index (χ4n) is 11.3. The molecule has 3 aliphatic heterocycles. The second-order valence-electron chi connectivity index (χ2n) is 20.3. The molecule has 69 heavy (non-hydrogen) atoms. The van der Waals surface area contributed by atoms with Crippen LogP contribution in [0.4, 0.5) is 0 Å². The molecule has 380 valence electrons. The lowest BCUT2D eigenvalue weighted by Crippen LogP contribution is -2.64. The Labute approximate surface area is 409 Å². The first-order valence-corrected chi connectivity index (χ1v) is 25.0. The van der Waals surface area contributed by atoms with Gasteiger partial charge in [-0.05, 0) is 120 Å². The Morgan fingerprint density at radius 3 is 2.32 bits per heavy atom. The van der Waals surface area contributed by atoms with Gasteiger partial charge in [0.1, 0.15) is 35.9 Å². The van der Waals surface area contributed by atoms with Gasteiger partial charge < -0.3 is 48.1 Å². The summed E-state index contributed by atoms with van der Waals surface area (Å²) in [5.41, 5.74) is 2.73. The first kappa shape index (κ1) is 53.9. The average molecular weight is 959 g/mol. The molecular formula is C55H78N2O12. The summed E-state index contributed by atoms with van der Waals surface area (Å²) in [4.78, 5) is 58.8. The molecular weight excluding hydrogens is 881 g/mol. The van der Waals surface area contributed by atoms with Gasteiger partial charge in [0, 0.05) is 75.7 Å². The van der Waals surface area contributed by atoms with Crippen molar-refractivity contribution >= 4 is 34.3 Å². The molecule has 14 unspecified atom stereocenters. The van der Waals surface area contributed by atoms with Crippen LogP contribution in [0.1, 0.15) is 105 Å². The number of fused-ring (bicyclic) bond motifs is 4. The molecule has 1 aromatic heterocycles. The molecule has 14 nitrogen and oxygen atoms in total. The summed E-state index contributed by atoms with van der Waals surface area (Å²) in [5, 5.41) is 25.2. The van der Waals surface area contributed by atoms with E-state index in [2.05, 4.69) is 35.9 Å². The maximum Gasteiger partial charge on any atom is 0.329 e. The number of allylic oxidation sites excluding steroid dienone is 5. The Balaban J connectivity index is 1.30. The third-order valence-electron chi connectivity index (χ3n) is 15.2. The zero-order chi connectivity index (χ0) is 50.2. The van der Waals surface area contributed by atoms with E-state index in [1.165, 1.54) is 19.1 Å². The van der Waals surface area contributed by atoms with E-state index in [4.69, 9.17) is 28.4 Å². The van der Waals surface area contributed by atoms with Crippen molar-refractivity contribution in [2.75, 3.05) is 27.9 Å². The number of methoxy groups -OCH3 is 3. The summed E-state index contributed by atoms with van der Waals surface area (Å²) < 4.78 is 39.2. The number of cyclic esters (lactones) is 1. The highest BCUT2D eigenvalue weighted by Gasteiger charge is 2.56. The van der Waals surface area contributed by atoms with Crippen LogP contribution in [0.15, 0.2) is 79.1 Å². The number of carbonyl (C=O) groups is 4. The molecule has 6 rings (SSSR count). The van der Waals surface area contributed by atoms with Gasteiger partial charge in [0.25, 0.3) is 11.7 Å². The number of carbonyl (C=O) groups excluding carboxylic acids is 4. The summed E-state index contributed by atoms with van der Waals surface area (Å²) in [6.45, 7) is 17.8. The zero-order valence-electron chi connectivity index (χ0n) is 42.2. The fourth-order valence-corrected chi connectivity index (χ4v) is 11.3. The number of ketones is 2. The zero-order valence-corrected chi connectivity index (χ0v) is 42.2. The topological polar surface area (TPSA) is 172 Å². The van der Waals surface area contributed by atoms with E-state index in [9.17, 15) is 29.4 Å². The van der Waals surface area contributed by atoms with E-state index in [1.807, 2.05) is 51.3 Å². The number of ether oxygens (including phenoxy) is 6. The normalized spacial score (nSPS) is 35.9. The Bertz CT molecular complexity index is 2200. The molecule has 2 aromatic rings. The van der Waals surface area contributed by atoms with Crippen molar-refractivity contribution in [3.05, 3.63) is 79.1 Å². The number of benzene rings is 1. The summed E-state index contributed by atoms with van der Waals surface area (Å²) in [7, 11) is 4.74. The predicted octanol–water partition coefficient (Wildman–Crippen LogP) is 7.87. The van der Waals surface area contributed by atoms with E-state index in [1.54, 1.807) is 27.0 Å². The summed E-state index contributed by atoms with van der Waals surface area (Å²) in [6.07, 6.45) is 9.67. The standard InChI is InChI=1S/C55H78N2O12/c1-11-15-40-26-33(3)25-34(4)27-48(65-9)51-49(66-10)29-36(6)55(63,69-51)52(60)53(61)57-23-14-13-16-43(57)54(62)68-50(37(7)44(58)32-45(40)59)35(5)28-38-17-20-46(47(30-38)64-8)67-41-18-19-42-39(31-41)21-24-56(42)22-12-2/h11-12,18-19,21,24,26,28,31,34,36-38,40,43-44,46-51,58,63H,1-2,13-17,20,22-23,25,27,29-30,32H2,3-10H3/b33-26+,35-28?. The lowest BCUT2D eigenvalue weighted by molar-refractivity contribution is -0.302. The number of aliphatic hydroxyl groups excluding tert-OH is 1. The van der Waals surface area contributed by atoms with Crippen LogP contribution in [0, 0.1) is 29.6 Å². The van der Waals surface area contributed by atoms with Crippen LogP contribution in [-0.4, -0.2) is 126 Å². The monoisotopic (exact) mass is 959 g/mol. The molecule has 4 heterocycles. The molecule has 4 aliphatic rings. The highest BCUT2D eigenvalue weighted by molar-refractivity contribution is 6.39. The van der Waals surface area contributed by atoms with Crippen molar-refractivity contribution in [1.29, 1.82) is 0 Å². The molecule has 3 fully saturated rings. The minimum Gasteiger partial charge on any atom is -0.488 e. The molecule has 0 spiro atoms. The SMILES string of the molecule is C=CCC1/C=C(\C)CC(C)CC(OC)C2OC(O)(C(=O)C(=O)N3CCCCC3C(=O)OC(C(C)=CC3CCC(Oc4ccc5c(ccn5CC=C)c4)C(OC)C3)C(C)C(O)CC1=O)C(C)CC2OC. The molecule has 0 radical (unpaired) electrons. The van der Waals surface area contributed by atoms with Crippen molar-refractivity contribution in [1.82, 2.24) is 9.47 Å². The number of hydrogen-bond donors (Lipinski definition) is 2. The number of nitrogens with zero attached hydrogens (tertiary/aromatic N) is 2. The third kappa shape index (κ3) is 12.5. The molecule has 2 N–H and O–H groups in total. The Morgan fingerprint density at radius 1 is 0.899 bits per heavy atom. The van der Waals surface area contributed by atoms with Gasteiger partial charge in [0.05, 0.1) is 24.4 Å². The average Bonchev–Trinajstić information content (AvgIpc) is 3.73. The van der Waals surface area contributed by atoms with Gasteiger partial charge in [0.2, 0.25) is 5.79 Å². The van der Waals surface area contributed by atoms with Crippen LogP contribution in [0.25, 0.3) is 10.9 Å².